The van der Waals surface area contributed by atoms with Gasteiger partial charge in [-0.25, -0.2) is 0 Å². The molecule has 0 heterocycles. The Morgan fingerprint density at radius 2 is 1.47 bits per heavy atom. The first-order valence-corrected chi connectivity index (χ1v) is 6.08. The van der Waals surface area contributed by atoms with Gasteiger partial charge in [0.05, 0.1) is 18.6 Å². The molecule has 0 atom stereocenters. The molecule has 4 heteroatoms. The van der Waals surface area contributed by atoms with Crippen LogP contribution < -0.4 is 0 Å². The Morgan fingerprint density at radius 1 is 1.06 bits per heavy atom. The average molecular weight is 248 g/mol. The predicted octanol–water partition coefficient (Wildman–Crippen LogP) is 2.28. The summed E-state index contributed by atoms with van der Waals surface area (Å²) in [6, 6.07) is 0. The molecule has 17 heavy (non-hydrogen) atoms. The van der Waals surface area contributed by atoms with Gasteiger partial charge in [0, 0.05) is 5.41 Å². The monoisotopic (exact) mass is 248 g/mol. The van der Waals surface area contributed by atoms with Crippen LogP contribution in [0.1, 0.15) is 53.9 Å². The molecule has 0 aliphatic carbocycles. The second-order valence-corrected chi connectivity index (χ2v) is 5.77. The summed E-state index contributed by atoms with van der Waals surface area (Å²) in [5, 5.41) is 25.5. The van der Waals surface area contributed by atoms with Crippen molar-refractivity contribution >= 4 is 5.97 Å². The van der Waals surface area contributed by atoms with Crippen molar-refractivity contribution in [2.24, 2.45) is 10.8 Å². The van der Waals surface area contributed by atoms with Crippen LogP contribution in [0, 0.1) is 10.8 Å². The lowest BCUT2D eigenvalue weighted by Crippen LogP contribution is -2.23. The fourth-order valence-electron chi connectivity index (χ4n) is 0.776. The highest BCUT2D eigenvalue weighted by Crippen LogP contribution is 2.22. The zero-order chi connectivity index (χ0) is 14.1. The van der Waals surface area contributed by atoms with E-state index in [4.69, 9.17) is 15.3 Å². The molecule has 3 N–H and O–H groups in total. The largest absolute Gasteiger partial charge is 0.481 e. The number of hydrogen-bond donors (Lipinski definition) is 3. The van der Waals surface area contributed by atoms with Gasteiger partial charge in [-0.15, -0.1) is 0 Å². The Kier molecular flexibility index (Phi) is 9.35. The highest BCUT2D eigenvalue weighted by molar-refractivity contribution is 5.73. The first-order valence-electron chi connectivity index (χ1n) is 6.08. The number of aliphatic hydroxyl groups is 2. The van der Waals surface area contributed by atoms with Crippen LogP contribution >= 0.6 is 0 Å². The van der Waals surface area contributed by atoms with Crippen molar-refractivity contribution < 1.29 is 20.1 Å². The Bertz CT molecular complexity index is 203. The summed E-state index contributed by atoms with van der Waals surface area (Å²) in [5.41, 5.74) is -0.837. The fourth-order valence-corrected chi connectivity index (χ4v) is 0.776. The third kappa shape index (κ3) is 10.3. The van der Waals surface area contributed by atoms with E-state index in [0.717, 1.165) is 19.3 Å². The molecule has 0 amide bonds. The molecule has 0 saturated carbocycles. The molecular weight excluding hydrogens is 220 g/mol. The van der Waals surface area contributed by atoms with Gasteiger partial charge in [0.15, 0.2) is 0 Å². The molecule has 0 rings (SSSR count). The summed E-state index contributed by atoms with van der Waals surface area (Å²) in [5.74, 6) is -0.694. The summed E-state index contributed by atoms with van der Waals surface area (Å²) in [6.07, 6.45) is 2.84. The van der Waals surface area contributed by atoms with Gasteiger partial charge in [0.2, 0.25) is 0 Å². The Morgan fingerprint density at radius 3 is 1.65 bits per heavy atom. The molecule has 0 spiro atoms. The molecule has 0 bridgehead atoms. The molecule has 0 radical (unpaired) electrons. The quantitative estimate of drug-likeness (QED) is 0.674. The van der Waals surface area contributed by atoms with Crippen molar-refractivity contribution in [1.82, 2.24) is 0 Å². The number of rotatable bonds is 6. The average Bonchev–Trinajstić information content (AvgIpc) is 2.27. The van der Waals surface area contributed by atoms with Gasteiger partial charge >= 0.3 is 5.97 Å². The molecule has 0 fully saturated rings. The normalized spacial score (nSPS) is 11.7. The second-order valence-electron chi connectivity index (χ2n) is 5.77. The number of hydrogen-bond acceptors (Lipinski definition) is 3. The van der Waals surface area contributed by atoms with E-state index in [1.165, 1.54) is 0 Å². The molecule has 0 aromatic heterocycles. The van der Waals surface area contributed by atoms with Gasteiger partial charge in [0.1, 0.15) is 0 Å². The number of carbonyl (C=O) groups is 1. The molecule has 4 nitrogen and oxygen atoms in total. The number of unbranched alkanes of at least 4 members (excludes halogenated alkanes) is 1. The molecule has 0 aliphatic rings. The molecule has 0 unspecified atom stereocenters. The first-order chi connectivity index (χ1) is 7.63. The van der Waals surface area contributed by atoms with Crippen molar-refractivity contribution in [2.75, 3.05) is 13.2 Å². The Labute approximate surface area is 105 Å². The smallest absolute Gasteiger partial charge is 0.309 e. The molecule has 104 valence electrons. The van der Waals surface area contributed by atoms with Crippen LogP contribution in [0.15, 0.2) is 0 Å². The minimum atomic E-state index is -0.694. The summed E-state index contributed by atoms with van der Waals surface area (Å²) in [6.45, 7) is 9.29. The zero-order valence-electron chi connectivity index (χ0n) is 11.8. The van der Waals surface area contributed by atoms with Crippen LogP contribution in [0.5, 0.6) is 0 Å². The van der Waals surface area contributed by atoms with Gasteiger partial charge in [-0.3, -0.25) is 4.79 Å². The van der Waals surface area contributed by atoms with E-state index >= 15 is 0 Å². The highest BCUT2D eigenvalue weighted by Gasteiger charge is 2.25. The van der Waals surface area contributed by atoms with Crippen LogP contribution in [0.3, 0.4) is 0 Å². The van der Waals surface area contributed by atoms with Gasteiger partial charge in [-0.1, -0.05) is 33.6 Å². The van der Waals surface area contributed by atoms with E-state index in [9.17, 15) is 4.79 Å². The number of aliphatic carboxylic acids is 1. The Balaban J connectivity index is 0. The van der Waals surface area contributed by atoms with Gasteiger partial charge in [0.25, 0.3) is 0 Å². The summed E-state index contributed by atoms with van der Waals surface area (Å²) in [4.78, 5) is 10.5. The van der Waals surface area contributed by atoms with Crippen molar-refractivity contribution in [1.29, 1.82) is 0 Å². The summed E-state index contributed by atoms with van der Waals surface area (Å²) < 4.78 is 0. The number of aliphatic hydroxyl groups excluding tert-OH is 2. The highest BCUT2D eigenvalue weighted by atomic mass is 16.4. The standard InChI is InChI=1S/C8H16O2.C5H12O2/c1-4-5-6-8(2,3)7(9)10;1-5(2,3-6)4-7/h4-6H2,1-3H3,(H,9,10);6-7H,3-4H2,1-2H3. The SMILES string of the molecule is CC(C)(CO)CO.CCCCC(C)(C)C(=O)O. The lowest BCUT2D eigenvalue weighted by Gasteiger charge is -2.17. The maximum Gasteiger partial charge on any atom is 0.309 e. The lowest BCUT2D eigenvalue weighted by molar-refractivity contribution is -0.147. The topological polar surface area (TPSA) is 77.8 Å². The predicted molar refractivity (Wildman–Crippen MR) is 68.9 cm³/mol. The van der Waals surface area contributed by atoms with Crippen molar-refractivity contribution in [3.05, 3.63) is 0 Å². The molecular formula is C13H28O4. The van der Waals surface area contributed by atoms with E-state index < -0.39 is 11.4 Å². The number of carboxylic acids is 1. The van der Waals surface area contributed by atoms with Crippen LogP contribution in [0.4, 0.5) is 0 Å². The molecule has 0 aliphatic heterocycles. The maximum atomic E-state index is 10.5. The van der Waals surface area contributed by atoms with Crippen LogP contribution in [0.2, 0.25) is 0 Å². The van der Waals surface area contributed by atoms with E-state index in [2.05, 4.69) is 6.92 Å². The fraction of sp³-hybridized carbons (Fsp3) is 0.923. The third-order valence-corrected chi connectivity index (χ3v) is 2.59. The molecule has 0 aromatic rings. The van der Waals surface area contributed by atoms with Crippen molar-refractivity contribution in [3.8, 4) is 0 Å². The minimum Gasteiger partial charge on any atom is -0.481 e. The molecule has 0 saturated heterocycles. The van der Waals surface area contributed by atoms with Crippen LogP contribution in [-0.2, 0) is 4.79 Å². The third-order valence-electron chi connectivity index (χ3n) is 2.59. The zero-order valence-corrected chi connectivity index (χ0v) is 11.8. The summed E-state index contributed by atoms with van der Waals surface area (Å²) >= 11 is 0. The van der Waals surface area contributed by atoms with Crippen LogP contribution in [-0.4, -0.2) is 34.5 Å². The molecule has 0 aromatic carbocycles. The minimum absolute atomic E-state index is 0.0451. The van der Waals surface area contributed by atoms with E-state index in [-0.39, 0.29) is 18.6 Å². The first kappa shape index (κ1) is 18.7. The van der Waals surface area contributed by atoms with Crippen molar-refractivity contribution in [2.45, 2.75) is 53.9 Å². The van der Waals surface area contributed by atoms with E-state index in [1.54, 1.807) is 27.7 Å². The van der Waals surface area contributed by atoms with Gasteiger partial charge in [-0.05, 0) is 20.3 Å². The number of carboxylic acid groups (broad SMARTS) is 1. The van der Waals surface area contributed by atoms with Crippen molar-refractivity contribution in [3.63, 3.8) is 0 Å². The van der Waals surface area contributed by atoms with Gasteiger partial charge < -0.3 is 15.3 Å². The van der Waals surface area contributed by atoms with Gasteiger partial charge in [-0.2, -0.15) is 0 Å². The van der Waals surface area contributed by atoms with Crippen LogP contribution in [0.25, 0.3) is 0 Å². The summed E-state index contributed by atoms with van der Waals surface area (Å²) in [7, 11) is 0. The maximum absolute atomic E-state index is 10.5. The Hall–Kier alpha value is -0.610. The van der Waals surface area contributed by atoms with E-state index in [1.807, 2.05) is 0 Å². The second kappa shape index (κ2) is 8.48. The van der Waals surface area contributed by atoms with E-state index in [0.29, 0.717) is 0 Å². The lowest BCUT2D eigenvalue weighted by atomic mass is 9.88.